The smallest absolute Gasteiger partial charge is 0.239 e. The third-order valence-corrected chi connectivity index (χ3v) is 2.65. The van der Waals surface area contributed by atoms with Gasteiger partial charge in [-0.1, -0.05) is 12.8 Å². The van der Waals surface area contributed by atoms with Crippen LogP contribution in [0.3, 0.4) is 0 Å². The van der Waals surface area contributed by atoms with Crippen LogP contribution in [0.1, 0.15) is 25.7 Å². The Bertz CT molecular complexity index is 353. The highest BCUT2D eigenvalue weighted by Gasteiger charge is 2.20. The number of nitrogens with two attached hydrogens (primary N) is 1. The summed E-state index contributed by atoms with van der Waals surface area (Å²) in [6, 6.07) is 0. The lowest BCUT2D eigenvalue weighted by molar-refractivity contribution is 0.614. The Morgan fingerprint density at radius 1 is 1.50 bits per heavy atom. The molecule has 0 bridgehead atoms. The monoisotopic (exact) mass is 225 g/mol. The van der Waals surface area contributed by atoms with E-state index in [0.717, 1.165) is 25.1 Å². The van der Waals surface area contributed by atoms with Crippen LogP contribution >= 0.6 is 0 Å². The standard InChI is InChI=1S/C10H16FN5/c11-8-6-14-10(16-12)15-9(8)13-5-1-2-7-3-4-7/h6-7H,1-5,12H2,(H2,13,14,15,16). The van der Waals surface area contributed by atoms with E-state index in [-0.39, 0.29) is 11.8 Å². The first-order valence-corrected chi connectivity index (χ1v) is 5.52. The van der Waals surface area contributed by atoms with Crippen LogP contribution in [0.4, 0.5) is 16.2 Å². The minimum atomic E-state index is -0.453. The second kappa shape index (κ2) is 5.07. The van der Waals surface area contributed by atoms with Crippen molar-refractivity contribution in [2.24, 2.45) is 11.8 Å². The van der Waals surface area contributed by atoms with Gasteiger partial charge in [0, 0.05) is 6.54 Å². The largest absolute Gasteiger partial charge is 0.367 e. The molecule has 1 aromatic rings. The van der Waals surface area contributed by atoms with E-state index in [0.29, 0.717) is 0 Å². The minimum absolute atomic E-state index is 0.207. The van der Waals surface area contributed by atoms with Gasteiger partial charge >= 0.3 is 0 Å². The molecule has 0 unspecified atom stereocenters. The molecule has 1 aliphatic rings. The summed E-state index contributed by atoms with van der Waals surface area (Å²) in [6.07, 6.45) is 6.05. The van der Waals surface area contributed by atoms with E-state index in [2.05, 4.69) is 20.7 Å². The predicted molar refractivity (Wildman–Crippen MR) is 60.2 cm³/mol. The van der Waals surface area contributed by atoms with E-state index in [4.69, 9.17) is 5.84 Å². The molecule has 1 aromatic heterocycles. The molecular weight excluding hydrogens is 209 g/mol. The lowest BCUT2D eigenvalue weighted by atomic mass is 10.2. The number of nitrogens with one attached hydrogen (secondary N) is 2. The quantitative estimate of drug-likeness (QED) is 0.388. The third-order valence-electron chi connectivity index (χ3n) is 2.65. The van der Waals surface area contributed by atoms with Crippen molar-refractivity contribution in [1.82, 2.24) is 9.97 Å². The van der Waals surface area contributed by atoms with E-state index in [1.165, 1.54) is 19.3 Å². The van der Waals surface area contributed by atoms with E-state index in [1.54, 1.807) is 0 Å². The summed E-state index contributed by atoms with van der Waals surface area (Å²) in [5, 5.41) is 2.95. The lowest BCUT2D eigenvalue weighted by Crippen LogP contribution is -2.13. The molecule has 88 valence electrons. The van der Waals surface area contributed by atoms with E-state index in [1.807, 2.05) is 0 Å². The Balaban J connectivity index is 1.81. The van der Waals surface area contributed by atoms with Crippen LogP contribution in [0.5, 0.6) is 0 Å². The molecule has 16 heavy (non-hydrogen) atoms. The van der Waals surface area contributed by atoms with E-state index in [9.17, 15) is 4.39 Å². The molecule has 2 rings (SSSR count). The first-order chi connectivity index (χ1) is 7.79. The zero-order chi connectivity index (χ0) is 11.4. The number of anilines is 2. The maximum atomic E-state index is 13.2. The molecule has 1 saturated carbocycles. The van der Waals surface area contributed by atoms with E-state index >= 15 is 0 Å². The maximum absolute atomic E-state index is 13.2. The van der Waals surface area contributed by atoms with Crippen molar-refractivity contribution in [3.8, 4) is 0 Å². The summed E-state index contributed by atoms with van der Waals surface area (Å²) < 4.78 is 13.2. The molecule has 1 heterocycles. The molecule has 0 radical (unpaired) electrons. The highest BCUT2D eigenvalue weighted by Crippen LogP contribution is 2.33. The van der Waals surface area contributed by atoms with Gasteiger partial charge in [-0.25, -0.2) is 15.2 Å². The van der Waals surface area contributed by atoms with Gasteiger partial charge in [0.25, 0.3) is 0 Å². The van der Waals surface area contributed by atoms with Gasteiger partial charge in [0.05, 0.1) is 6.20 Å². The van der Waals surface area contributed by atoms with Crippen molar-refractivity contribution in [2.75, 3.05) is 17.3 Å². The van der Waals surface area contributed by atoms with Gasteiger partial charge < -0.3 is 5.32 Å². The fourth-order valence-electron chi connectivity index (χ4n) is 1.56. The molecule has 5 nitrogen and oxygen atoms in total. The zero-order valence-electron chi connectivity index (χ0n) is 9.04. The van der Waals surface area contributed by atoms with Gasteiger partial charge in [-0.15, -0.1) is 0 Å². The summed E-state index contributed by atoms with van der Waals surface area (Å²) in [5.41, 5.74) is 2.28. The molecule has 4 N–H and O–H groups in total. The number of hydrogen-bond acceptors (Lipinski definition) is 5. The number of hydrazine groups is 1. The number of nitrogens with zero attached hydrogens (tertiary/aromatic N) is 2. The summed E-state index contributed by atoms with van der Waals surface area (Å²) in [5.74, 6) is 6.02. The Kier molecular flexibility index (Phi) is 3.51. The number of halogens is 1. The highest BCUT2D eigenvalue weighted by molar-refractivity contribution is 5.40. The van der Waals surface area contributed by atoms with Crippen LogP contribution in [-0.2, 0) is 0 Å². The Morgan fingerprint density at radius 3 is 3.00 bits per heavy atom. The van der Waals surface area contributed by atoms with Crippen LogP contribution in [0.15, 0.2) is 6.20 Å². The molecule has 1 aliphatic carbocycles. The number of nitrogen functional groups attached to an aromatic ring is 1. The summed E-state index contributed by atoms with van der Waals surface area (Å²) >= 11 is 0. The molecule has 0 amide bonds. The van der Waals surface area contributed by atoms with Crippen LogP contribution in [-0.4, -0.2) is 16.5 Å². The summed E-state index contributed by atoms with van der Waals surface area (Å²) in [6.45, 7) is 0.731. The molecule has 1 fully saturated rings. The van der Waals surface area contributed by atoms with Gasteiger partial charge in [-0.05, 0) is 18.8 Å². The average Bonchev–Trinajstić information content (AvgIpc) is 3.10. The van der Waals surface area contributed by atoms with Gasteiger partial charge in [0.15, 0.2) is 11.6 Å². The second-order valence-electron chi connectivity index (χ2n) is 4.05. The van der Waals surface area contributed by atoms with Gasteiger partial charge in [-0.2, -0.15) is 4.98 Å². The van der Waals surface area contributed by atoms with Crippen LogP contribution in [0, 0.1) is 11.7 Å². The first kappa shape index (κ1) is 11.1. The highest BCUT2D eigenvalue weighted by atomic mass is 19.1. The van der Waals surface area contributed by atoms with Crippen molar-refractivity contribution < 1.29 is 4.39 Å². The van der Waals surface area contributed by atoms with Gasteiger partial charge in [0.2, 0.25) is 5.95 Å². The minimum Gasteiger partial charge on any atom is -0.367 e. The second-order valence-corrected chi connectivity index (χ2v) is 4.05. The van der Waals surface area contributed by atoms with Crippen molar-refractivity contribution in [3.05, 3.63) is 12.0 Å². The molecule has 0 aromatic carbocycles. The van der Waals surface area contributed by atoms with Gasteiger partial charge in [-0.3, -0.25) is 5.43 Å². The lowest BCUT2D eigenvalue weighted by Gasteiger charge is -2.07. The van der Waals surface area contributed by atoms with Gasteiger partial charge in [0.1, 0.15) is 0 Å². The van der Waals surface area contributed by atoms with Crippen molar-refractivity contribution >= 4 is 11.8 Å². The fraction of sp³-hybridized carbons (Fsp3) is 0.600. The summed E-state index contributed by atoms with van der Waals surface area (Å²) in [4.78, 5) is 7.55. The first-order valence-electron chi connectivity index (χ1n) is 5.52. The normalized spacial score (nSPS) is 14.9. The van der Waals surface area contributed by atoms with Crippen LogP contribution < -0.4 is 16.6 Å². The van der Waals surface area contributed by atoms with Crippen LogP contribution in [0.25, 0.3) is 0 Å². The van der Waals surface area contributed by atoms with Crippen molar-refractivity contribution in [2.45, 2.75) is 25.7 Å². The maximum Gasteiger partial charge on any atom is 0.239 e. The Hall–Kier alpha value is -1.43. The van der Waals surface area contributed by atoms with Crippen LogP contribution in [0.2, 0.25) is 0 Å². The third kappa shape index (κ3) is 3.03. The zero-order valence-corrected chi connectivity index (χ0v) is 9.04. The number of rotatable bonds is 6. The topological polar surface area (TPSA) is 75.9 Å². The average molecular weight is 225 g/mol. The molecular formula is C10H16FN5. The fourth-order valence-corrected chi connectivity index (χ4v) is 1.56. The Morgan fingerprint density at radius 2 is 2.31 bits per heavy atom. The predicted octanol–water partition coefficient (Wildman–Crippen LogP) is 1.50. The Labute approximate surface area is 93.6 Å². The molecule has 0 atom stereocenters. The van der Waals surface area contributed by atoms with Crippen molar-refractivity contribution in [3.63, 3.8) is 0 Å². The molecule has 6 heteroatoms. The number of aromatic nitrogens is 2. The summed E-state index contributed by atoms with van der Waals surface area (Å²) in [7, 11) is 0. The van der Waals surface area contributed by atoms with Crippen molar-refractivity contribution in [1.29, 1.82) is 0 Å². The molecule has 0 spiro atoms. The SMILES string of the molecule is NNc1ncc(F)c(NCCCC2CC2)n1. The van der Waals surface area contributed by atoms with E-state index < -0.39 is 5.82 Å². The molecule has 0 saturated heterocycles. The number of hydrogen-bond donors (Lipinski definition) is 3. The molecule has 0 aliphatic heterocycles.